The van der Waals surface area contributed by atoms with Gasteiger partial charge in [0.2, 0.25) is 0 Å². The number of hydrogen-bond acceptors (Lipinski definition) is 4. The van der Waals surface area contributed by atoms with Crippen molar-refractivity contribution in [2.45, 2.75) is 52.7 Å². The molecule has 5 heteroatoms. The van der Waals surface area contributed by atoms with Gasteiger partial charge in [0.25, 0.3) is 0 Å². The van der Waals surface area contributed by atoms with Gasteiger partial charge in [-0.15, -0.1) is 11.3 Å². The number of rotatable bonds is 6. The van der Waals surface area contributed by atoms with E-state index in [1.54, 1.807) is 23.3 Å². The summed E-state index contributed by atoms with van der Waals surface area (Å²) < 4.78 is 5.32. The van der Waals surface area contributed by atoms with Crippen molar-refractivity contribution in [3.63, 3.8) is 0 Å². The molecule has 0 fully saturated rings. The molecule has 0 aliphatic carbocycles. The lowest BCUT2D eigenvalue weighted by Gasteiger charge is -2.24. The number of nitrogens with one attached hydrogen (secondary N) is 1. The molecule has 1 aromatic rings. The first kappa shape index (κ1) is 18.0. The number of carbonyl (C=O) groups is 1. The van der Waals surface area contributed by atoms with Crippen LogP contribution in [-0.4, -0.2) is 36.7 Å². The third-order valence-electron chi connectivity index (χ3n) is 3.12. The van der Waals surface area contributed by atoms with E-state index < -0.39 is 5.60 Å². The van der Waals surface area contributed by atoms with Crippen LogP contribution < -0.4 is 5.32 Å². The second-order valence-corrected chi connectivity index (χ2v) is 7.35. The summed E-state index contributed by atoms with van der Waals surface area (Å²) in [6.07, 6.45) is 0.648. The van der Waals surface area contributed by atoms with Gasteiger partial charge in [-0.2, -0.15) is 0 Å². The minimum Gasteiger partial charge on any atom is -0.444 e. The van der Waals surface area contributed by atoms with Gasteiger partial charge in [-0.25, -0.2) is 4.79 Å². The standard InChI is InChI=1S/C16H28N2O2S/c1-12-8-11-21-14(12)13(2)17-9-7-10-18(6)15(19)20-16(3,4)5/h8,11,13,17H,7,9-10H2,1-6H3. The van der Waals surface area contributed by atoms with Crippen molar-refractivity contribution < 1.29 is 9.53 Å². The van der Waals surface area contributed by atoms with Crippen molar-refractivity contribution in [3.8, 4) is 0 Å². The van der Waals surface area contributed by atoms with Crippen LogP contribution in [0, 0.1) is 6.92 Å². The molecule has 1 aromatic heterocycles. The van der Waals surface area contributed by atoms with Gasteiger partial charge in [-0.3, -0.25) is 0 Å². The lowest BCUT2D eigenvalue weighted by Crippen LogP contribution is -2.35. The van der Waals surface area contributed by atoms with E-state index in [1.807, 2.05) is 20.8 Å². The molecule has 0 aliphatic rings. The Morgan fingerprint density at radius 2 is 2.14 bits per heavy atom. The summed E-state index contributed by atoms with van der Waals surface area (Å²) in [5.74, 6) is 0. The molecule has 120 valence electrons. The highest BCUT2D eigenvalue weighted by Gasteiger charge is 2.19. The number of hydrogen-bond donors (Lipinski definition) is 1. The van der Waals surface area contributed by atoms with Crippen LogP contribution in [0.2, 0.25) is 0 Å². The highest BCUT2D eigenvalue weighted by atomic mass is 32.1. The maximum Gasteiger partial charge on any atom is 0.410 e. The summed E-state index contributed by atoms with van der Waals surface area (Å²) in [4.78, 5) is 14.8. The summed E-state index contributed by atoms with van der Waals surface area (Å²) in [6, 6.07) is 2.51. The van der Waals surface area contributed by atoms with Crippen molar-refractivity contribution in [2.75, 3.05) is 20.1 Å². The smallest absolute Gasteiger partial charge is 0.410 e. The topological polar surface area (TPSA) is 41.6 Å². The Labute approximate surface area is 132 Å². The first-order valence-electron chi connectivity index (χ1n) is 7.42. The number of amides is 1. The molecule has 1 amide bonds. The number of thiophene rings is 1. The Kier molecular flexibility index (Phi) is 6.68. The highest BCUT2D eigenvalue weighted by molar-refractivity contribution is 7.10. The predicted octanol–water partition coefficient (Wildman–Crippen LogP) is 3.96. The van der Waals surface area contributed by atoms with Crippen molar-refractivity contribution in [2.24, 2.45) is 0 Å². The molecule has 0 spiro atoms. The lowest BCUT2D eigenvalue weighted by molar-refractivity contribution is 0.0297. The third-order valence-corrected chi connectivity index (χ3v) is 4.32. The second-order valence-electron chi connectivity index (χ2n) is 6.40. The average molecular weight is 312 g/mol. The molecule has 0 saturated heterocycles. The molecule has 1 unspecified atom stereocenters. The van der Waals surface area contributed by atoms with E-state index >= 15 is 0 Å². The van der Waals surface area contributed by atoms with Crippen molar-refractivity contribution >= 4 is 17.4 Å². The van der Waals surface area contributed by atoms with Crippen LogP contribution in [-0.2, 0) is 4.74 Å². The first-order valence-corrected chi connectivity index (χ1v) is 8.30. The molecule has 1 N–H and O–H groups in total. The Morgan fingerprint density at radius 3 is 2.67 bits per heavy atom. The van der Waals surface area contributed by atoms with Gasteiger partial charge in [0, 0.05) is 24.5 Å². The van der Waals surface area contributed by atoms with Crippen LogP contribution in [0.4, 0.5) is 4.79 Å². The minimum absolute atomic E-state index is 0.260. The molecular formula is C16H28N2O2S. The molecule has 0 saturated carbocycles. The van der Waals surface area contributed by atoms with E-state index in [4.69, 9.17) is 4.74 Å². The Hall–Kier alpha value is -1.07. The zero-order chi connectivity index (χ0) is 16.0. The second kappa shape index (κ2) is 7.80. The molecule has 0 bridgehead atoms. The summed E-state index contributed by atoms with van der Waals surface area (Å²) in [6.45, 7) is 11.5. The molecule has 1 heterocycles. The SMILES string of the molecule is Cc1ccsc1C(C)NCCCN(C)C(=O)OC(C)(C)C. The van der Waals surface area contributed by atoms with Crippen LogP contribution >= 0.6 is 11.3 Å². The fraction of sp³-hybridized carbons (Fsp3) is 0.688. The highest BCUT2D eigenvalue weighted by Crippen LogP contribution is 2.23. The van der Waals surface area contributed by atoms with Crippen molar-refractivity contribution in [3.05, 3.63) is 21.9 Å². The third kappa shape index (κ3) is 6.48. The number of nitrogens with zero attached hydrogens (tertiary/aromatic N) is 1. The Balaban J connectivity index is 2.25. The van der Waals surface area contributed by atoms with Crippen LogP contribution in [0.1, 0.15) is 50.6 Å². The van der Waals surface area contributed by atoms with Gasteiger partial charge < -0.3 is 15.0 Å². The molecule has 1 atom stereocenters. The largest absolute Gasteiger partial charge is 0.444 e. The minimum atomic E-state index is -0.436. The summed E-state index contributed by atoms with van der Waals surface area (Å²) in [5.41, 5.74) is 0.903. The average Bonchev–Trinajstić information content (AvgIpc) is 2.78. The quantitative estimate of drug-likeness (QED) is 0.808. The van der Waals surface area contributed by atoms with Crippen LogP contribution in [0.3, 0.4) is 0 Å². The van der Waals surface area contributed by atoms with E-state index in [0.717, 1.165) is 13.0 Å². The van der Waals surface area contributed by atoms with E-state index in [-0.39, 0.29) is 6.09 Å². The van der Waals surface area contributed by atoms with Crippen molar-refractivity contribution in [1.82, 2.24) is 10.2 Å². The molecule has 0 aliphatic heterocycles. The monoisotopic (exact) mass is 312 g/mol. The van der Waals surface area contributed by atoms with E-state index in [2.05, 4.69) is 30.6 Å². The Morgan fingerprint density at radius 1 is 1.48 bits per heavy atom. The normalized spacial score (nSPS) is 13.0. The molecule has 0 radical (unpaired) electrons. The van der Waals surface area contributed by atoms with E-state index in [1.165, 1.54) is 10.4 Å². The number of ether oxygens (including phenoxy) is 1. The van der Waals surface area contributed by atoms with Gasteiger partial charge >= 0.3 is 6.09 Å². The van der Waals surface area contributed by atoms with Crippen LogP contribution in [0.25, 0.3) is 0 Å². The zero-order valence-electron chi connectivity index (χ0n) is 14.0. The number of aryl methyl sites for hydroxylation is 1. The molecular weight excluding hydrogens is 284 g/mol. The molecule has 1 rings (SSSR count). The zero-order valence-corrected chi connectivity index (χ0v) is 14.8. The van der Waals surface area contributed by atoms with E-state index in [0.29, 0.717) is 12.6 Å². The fourth-order valence-corrected chi connectivity index (χ4v) is 2.95. The van der Waals surface area contributed by atoms with Gasteiger partial charge in [0.05, 0.1) is 0 Å². The van der Waals surface area contributed by atoms with Crippen LogP contribution in [0.15, 0.2) is 11.4 Å². The summed E-state index contributed by atoms with van der Waals surface area (Å²) >= 11 is 1.79. The maximum atomic E-state index is 11.8. The summed E-state index contributed by atoms with van der Waals surface area (Å²) in [7, 11) is 1.78. The molecule has 21 heavy (non-hydrogen) atoms. The summed E-state index contributed by atoms with van der Waals surface area (Å²) in [5, 5.41) is 5.62. The van der Waals surface area contributed by atoms with Gasteiger partial charge in [0.15, 0.2) is 0 Å². The maximum absolute atomic E-state index is 11.8. The van der Waals surface area contributed by atoms with Gasteiger partial charge in [-0.1, -0.05) is 0 Å². The first-order chi connectivity index (χ1) is 9.70. The number of carbonyl (C=O) groups excluding carboxylic acids is 1. The fourth-order valence-electron chi connectivity index (χ4n) is 1.99. The van der Waals surface area contributed by atoms with Crippen LogP contribution in [0.5, 0.6) is 0 Å². The van der Waals surface area contributed by atoms with Gasteiger partial charge in [0.1, 0.15) is 5.60 Å². The van der Waals surface area contributed by atoms with E-state index in [9.17, 15) is 4.79 Å². The Bertz CT molecular complexity index is 451. The molecule has 0 aromatic carbocycles. The predicted molar refractivity (Wildman–Crippen MR) is 89.0 cm³/mol. The lowest BCUT2D eigenvalue weighted by atomic mass is 10.2. The van der Waals surface area contributed by atoms with Gasteiger partial charge in [-0.05, 0) is 64.6 Å². The molecule has 4 nitrogen and oxygen atoms in total. The van der Waals surface area contributed by atoms with Crippen molar-refractivity contribution in [1.29, 1.82) is 0 Å².